The van der Waals surface area contributed by atoms with Crippen molar-refractivity contribution in [1.82, 2.24) is 65.4 Å². The van der Waals surface area contributed by atoms with E-state index in [9.17, 15) is 9.59 Å². The fraction of sp³-hybridized carbons (Fsp3) is 0.871. The molecule has 98 heavy (non-hydrogen) atoms. The smallest absolute Gasteiger partial charge is 0.222 e. The number of hydrogen-bond acceptors (Lipinski definition) is 29. The molecule has 36 nitrogen and oxygen atoms in total. The maximum absolute atomic E-state index is 11.2. The third-order valence-corrected chi connectivity index (χ3v) is 13.0. The van der Waals surface area contributed by atoms with Crippen molar-refractivity contribution in [2.24, 2.45) is 5.11 Å². The summed E-state index contributed by atoms with van der Waals surface area (Å²) in [6.07, 6.45) is 6.33. The van der Waals surface area contributed by atoms with Gasteiger partial charge in [0.1, 0.15) is 0 Å². The Labute approximate surface area is 579 Å². The van der Waals surface area contributed by atoms with Crippen molar-refractivity contribution in [3.63, 3.8) is 0 Å². The molecule has 3 rings (SSSR count). The van der Waals surface area contributed by atoms with Crippen LogP contribution in [0.4, 0.5) is 0 Å². The van der Waals surface area contributed by atoms with Crippen LogP contribution in [0.15, 0.2) is 23.7 Å². The molecule has 0 saturated carbocycles. The third kappa shape index (κ3) is 60.8. The molecule has 0 aliphatic carbocycles. The van der Waals surface area contributed by atoms with Crippen LogP contribution in [-0.2, 0) is 114 Å². The highest BCUT2D eigenvalue weighted by molar-refractivity contribution is 5.75. The van der Waals surface area contributed by atoms with Crippen LogP contribution in [0, 0.1) is 20.8 Å². The second-order valence-corrected chi connectivity index (χ2v) is 20.9. The van der Waals surface area contributed by atoms with Gasteiger partial charge in [-0.15, -0.1) is 15.3 Å². The zero-order valence-electron chi connectivity index (χ0n) is 58.6. The molecule has 0 aromatic carbocycles. The van der Waals surface area contributed by atoms with E-state index < -0.39 is 0 Å². The highest BCUT2D eigenvalue weighted by Gasteiger charge is 2.09. The molecule has 36 heteroatoms. The minimum absolute atomic E-state index is 0. The second kappa shape index (κ2) is 70.3. The number of ether oxygens (including phenoxy) is 18. The summed E-state index contributed by atoms with van der Waals surface area (Å²) in [5.41, 5.74) is 10.9. The predicted octanol–water partition coefficient (Wildman–Crippen LogP) is 0.895. The zero-order valence-corrected chi connectivity index (χ0v) is 58.6. The summed E-state index contributed by atoms with van der Waals surface area (Å²) in [7, 11) is 3.21. The number of azide groups is 1. The molecule has 0 aliphatic heterocycles. The standard InChI is InChI=1S/C32H60N8O10.C29H56N8O10.CH4/c1-30-28-39(36-34-30)8-14-46-20-26-49-24-18-44-12-6-38(5-11-43-17-23-48-22-16-42-10-4-32(41)33-3)7-13-45-19-25-50-27-21-47-15-9-40-29-31(2)35-37-40;1-28-27-37(35-33-28)8-14-44-20-26-47-25-19-43-13-7-36(6-12-42-18-24-46-22-16-40-10-4-32-34-30)5-11-41-17-23-45-21-15-39-9-3-29(38)31-2;/h28-29H,4-27H2,1-3H3,(H,33,41);27H,3-26H2,1-2H3,(H,31,38);1H4. The Morgan fingerprint density at radius 2 is 0.561 bits per heavy atom. The molecule has 3 heterocycles. The molecule has 0 radical (unpaired) electrons. The van der Waals surface area contributed by atoms with Gasteiger partial charge in [-0.3, -0.25) is 19.4 Å². The molecule has 0 spiro atoms. The normalized spacial score (nSPS) is 11.3. The summed E-state index contributed by atoms with van der Waals surface area (Å²) in [5.74, 6) is -0.0849. The van der Waals surface area contributed by atoms with Gasteiger partial charge in [0.15, 0.2) is 0 Å². The van der Waals surface area contributed by atoms with E-state index in [1.54, 1.807) is 28.1 Å². The highest BCUT2D eigenvalue weighted by atomic mass is 16.6. The summed E-state index contributed by atoms with van der Waals surface area (Å²) in [4.78, 5) is 29.5. The quantitative estimate of drug-likeness (QED) is 0.0343. The summed E-state index contributed by atoms with van der Waals surface area (Å²) in [5, 5.41) is 32.3. The van der Waals surface area contributed by atoms with Crippen molar-refractivity contribution < 1.29 is 94.9 Å². The molecular formula is C62H120N16O20. The van der Waals surface area contributed by atoms with Gasteiger partial charge in [0.25, 0.3) is 0 Å². The topological polar surface area (TPSA) is 372 Å². The van der Waals surface area contributed by atoms with Gasteiger partial charge >= 0.3 is 0 Å². The summed E-state index contributed by atoms with van der Waals surface area (Å²) in [6, 6.07) is 0. The molecule has 0 unspecified atom stereocenters. The van der Waals surface area contributed by atoms with Gasteiger partial charge in [-0.1, -0.05) is 28.2 Å². The number of rotatable bonds is 72. The molecule has 3 aromatic rings. The van der Waals surface area contributed by atoms with E-state index >= 15 is 0 Å². The largest absolute Gasteiger partial charge is 0.379 e. The Morgan fingerprint density at radius 3 is 0.765 bits per heavy atom. The lowest BCUT2D eigenvalue weighted by atomic mass is 10.4. The molecule has 0 bridgehead atoms. The zero-order chi connectivity index (χ0) is 69.6. The van der Waals surface area contributed by atoms with Crippen LogP contribution in [-0.4, -0.2) is 364 Å². The van der Waals surface area contributed by atoms with Crippen LogP contribution in [0.1, 0.15) is 37.4 Å². The predicted molar refractivity (Wildman–Crippen MR) is 360 cm³/mol. The summed E-state index contributed by atoms with van der Waals surface area (Å²) in [6.45, 7) is 30.2. The molecule has 2 amide bonds. The number of aromatic nitrogens is 9. The van der Waals surface area contributed by atoms with Crippen molar-refractivity contribution in [3.8, 4) is 0 Å². The van der Waals surface area contributed by atoms with E-state index in [4.69, 9.17) is 90.8 Å². The number of carbonyl (C=O) groups is 2. The number of hydrogen-bond donors (Lipinski definition) is 2. The van der Waals surface area contributed by atoms with Gasteiger partial charge in [-0.05, 0) is 26.3 Å². The first-order valence-corrected chi connectivity index (χ1v) is 33.6. The van der Waals surface area contributed by atoms with E-state index in [-0.39, 0.29) is 19.2 Å². The Bertz CT molecular complexity index is 2200. The van der Waals surface area contributed by atoms with Crippen molar-refractivity contribution in [3.05, 3.63) is 46.1 Å². The number of nitrogens with one attached hydrogen (secondary N) is 2. The van der Waals surface area contributed by atoms with Crippen LogP contribution >= 0.6 is 0 Å². The Kier molecular flexibility index (Phi) is 65.2. The number of carbonyl (C=O) groups excluding carboxylic acids is 2. The Balaban J connectivity index is 0.000000972. The van der Waals surface area contributed by atoms with Crippen LogP contribution in [0.5, 0.6) is 0 Å². The fourth-order valence-electron chi connectivity index (χ4n) is 7.80. The van der Waals surface area contributed by atoms with E-state index in [1.807, 2.05) is 39.4 Å². The lowest BCUT2D eigenvalue weighted by Gasteiger charge is -2.22. The summed E-state index contributed by atoms with van der Waals surface area (Å²) >= 11 is 0. The maximum atomic E-state index is 11.2. The van der Waals surface area contributed by atoms with Gasteiger partial charge in [0.05, 0.1) is 275 Å². The van der Waals surface area contributed by atoms with E-state index in [1.165, 1.54) is 0 Å². The van der Waals surface area contributed by atoms with E-state index in [0.29, 0.717) is 277 Å². The molecule has 0 aliphatic rings. The SMILES string of the molecule is C.CNC(=O)CCOCCOCCOCCN(CCOCCOCCOCCN=[N+]=[N-])CCOCCOCCOCCn1cc(C)nn1.CNC(=O)CCOCCOCCOCCN(CCOCCOCCOCCn1cc(C)nn1)CCOCCOCCOCCn1cc(C)nn1. The molecule has 0 saturated heterocycles. The van der Waals surface area contributed by atoms with Crippen molar-refractivity contribution in [2.75, 3.05) is 298 Å². The molecule has 0 atom stereocenters. The molecule has 3 aromatic heterocycles. The molecule has 568 valence electrons. The molecular weight excluding hydrogens is 1290 g/mol. The third-order valence-electron chi connectivity index (χ3n) is 13.0. The average Bonchev–Trinajstić information content (AvgIpc) is 2.55. The first kappa shape index (κ1) is 90.9. The lowest BCUT2D eigenvalue weighted by molar-refractivity contribution is -0.122. The fourth-order valence-corrected chi connectivity index (χ4v) is 7.80. The molecule has 0 fully saturated rings. The van der Waals surface area contributed by atoms with E-state index in [0.717, 1.165) is 56.4 Å². The Hall–Kier alpha value is -5.13. The monoisotopic (exact) mass is 1410 g/mol. The van der Waals surface area contributed by atoms with Crippen molar-refractivity contribution in [2.45, 2.75) is 60.7 Å². The van der Waals surface area contributed by atoms with Gasteiger partial charge in [0, 0.05) is 96.3 Å². The Morgan fingerprint density at radius 1 is 0.357 bits per heavy atom. The van der Waals surface area contributed by atoms with Gasteiger partial charge in [0.2, 0.25) is 11.8 Å². The lowest BCUT2D eigenvalue weighted by Crippen LogP contribution is -2.34. The van der Waals surface area contributed by atoms with Crippen LogP contribution < -0.4 is 10.6 Å². The number of nitrogens with zero attached hydrogens (tertiary/aromatic N) is 14. The maximum Gasteiger partial charge on any atom is 0.222 e. The van der Waals surface area contributed by atoms with Crippen LogP contribution in [0.3, 0.4) is 0 Å². The summed E-state index contributed by atoms with van der Waals surface area (Å²) < 4.78 is 106. The first-order valence-electron chi connectivity index (χ1n) is 33.6. The first-order chi connectivity index (χ1) is 47.7. The van der Waals surface area contributed by atoms with Gasteiger partial charge < -0.3 is 95.9 Å². The number of amides is 2. The van der Waals surface area contributed by atoms with Crippen molar-refractivity contribution in [1.29, 1.82) is 0 Å². The van der Waals surface area contributed by atoms with Crippen molar-refractivity contribution >= 4 is 11.8 Å². The highest BCUT2D eigenvalue weighted by Crippen LogP contribution is 1.98. The molecule has 2 N–H and O–H groups in total. The second-order valence-electron chi connectivity index (χ2n) is 20.9. The van der Waals surface area contributed by atoms with Crippen LogP contribution in [0.25, 0.3) is 10.4 Å². The minimum atomic E-state index is -0.0449. The number of aryl methyl sites for hydroxylation is 3. The average molecular weight is 1410 g/mol. The van der Waals surface area contributed by atoms with E-state index in [2.05, 4.69) is 61.4 Å². The van der Waals surface area contributed by atoms with Gasteiger partial charge in [-0.2, -0.15) is 0 Å². The van der Waals surface area contributed by atoms with Crippen LogP contribution in [0.2, 0.25) is 0 Å². The van der Waals surface area contributed by atoms with Gasteiger partial charge in [-0.25, -0.2) is 14.0 Å². The minimum Gasteiger partial charge on any atom is -0.379 e.